The number of likely N-dealkylation sites (tertiary alicyclic amines) is 1. The van der Waals surface area contributed by atoms with Crippen LogP contribution in [0.1, 0.15) is 37.7 Å². The van der Waals surface area contributed by atoms with E-state index in [9.17, 15) is 9.59 Å². The number of benzene rings is 1. The van der Waals surface area contributed by atoms with Crippen molar-refractivity contribution in [2.75, 3.05) is 20.1 Å². The molecule has 0 unspecified atom stereocenters. The predicted octanol–water partition coefficient (Wildman–Crippen LogP) is 2.47. The summed E-state index contributed by atoms with van der Waals surface area (Å²) in [5.41, 5.74) is 1.89. The summed E-state index contributed by atoms with van der Waals surface area (Å²) in [6.45, 7) is 1.61. The Morgan fingerprint density at radius 2 is 2.04 bits per heavy atom. The van der Waals surface area contributed by atoms with Crippen LogP contribution in [0.3, 0.4) is 0 Å². The monoisotopic (exact) mass is 327 g/mol. The molecule has 1 aromatic carbocycles. The molecule has 1 fully saturated rings. The smallest absolute Gasteiger partial charge is 0.270 e. The number of hydrogen-bond donors (Lipinski definition) is 0. The lowest BCUT2D eigenvalue weighted by Crippen LogP contribution is -2.45. The maximum atomic E-state index is 12.7. The SMILES string of the molecule is CN1N=C(C(=O)N2CCC[C@@H](CCc3ccccc3)C2)CCC1=O. The Morgan fingerprint density at radius 3 is 2.79 bits per heavy atom. The Morgan fingerprint density at radius 1 is 1.25 bits per heavy atom. The van der Waals surface area contributed by atoms with E-state index in [4.69, 9.17) is 0 Å². The van der Waals surface area contributed by atoms with E-state index in [-0.39, 0.29) is 11.8 Å². The topological polar surface area (TPSA) is 53.0 Å². The van der Waals surface area contributed by atoms with Gasteiger partial charge >= 0.3 is 0 Å². The Kier molecular flexibility index (Phi) is 5.28. The Bertz CT molecular complexity index is 627. The molecule has 1 atom stereocenters. The van der Waals surface area contributed by atoms with Gasteiger partial charge in [0.25, 0.3) is 5.91 Å². The molecule has 0 aromatic heterocycles. The van der Waals surface area contributed by atoms with Gasteiger partial charge in [0.1, 0.15) is 5.71 Å². The molecule has 5 nitrogen and oxygen atoms in total. The largest absolute Gasteiger partial charge is 0.337 e. The van der Waals surface area contributed by atoms with Gasteiger partial charge in [-0.15, -0.1) is 0 Å². The summed E-state index contributed by atoms with van der Waals surface area (Å²) in [6.07, 6.45) is 5.25. The highest BCUT2D eigenvalue weighted by atomic mass is 16.2. The highest BCUT2D eigenvalue weighted by Crippen LogP contribution is 2.22. The molecule has 3 rings (SSSR count). The standard InChI is InChI=1S/C19H25N3O2/c1-21-18(23)12-11-17(20-21)19(24)22-13-5-8-16(14-22)10-9-15-6-3-2-4-7-15/h2-4,6-7,16H,5,8-14H2,1H3/t16-/m0/s1. The van der Waals surface area contributed by atoms with Gasteiger partial charge in [-0.3, -0.25) is 9.59 Å². The summed E-state index contributed by atoms with van der Waals surface area (Å²) in [7, 11) is 1.62. The molecule has 0 radical (unpaired) electrons. The number of nitrogens with zero attached hydrogens (tertiary/aromatic N) is 3. The molecule has 0 spiro atoms. The van der Waals surface area contributed by atoms with Crippen molar-refractivity contribution in [2.45, 2.75) is 38.5 Å². The summed E-state index contributed by atoms with van der Waals surface area (Å²) < 4.78 is 0. The maximum Gasteiger partial charge on any atom is 0.270 e. The van der Waals surface area contributed by atoms with Gasteiger partial charge in [-0.1, -0.05) is 30.3 Å². The summed E-state index contributed by atoms with van der Waals surface area (Å²) in [4.78, 5) is 26.1. The van der Waals surface area contributed by atoms with Gasteiger partial charge in [-0.05, 0) is 37.2 Å². The van der Waals surface area contributed by atoms with Crippen molar-refractivity contribution < 1.29 is 9.59 Å². The number of carbonyl (C=O) groups is 2. The predicted molar refractivity (Wildman–Crippen MR) is 93.5 cm³/mol. The molecule has 2 amide bonds. The first kappa shape index (κ1) is 16.7. The summed E-state index contributed by atoms with van der Waals surface area (Å²) in [6, 6.07) is 10.5. The van der Waals surface area contributed by atoms with Crippen LogP contribution in [0, 0.1) is 5.92 Å². The first-order chi connectivity index (χ1) is 11.6. The lowest BCUT2D eigenvalue weighted by Gasteiger charge is -2.34. The fraction of sp³-hybridized carbons (Fsp3) is 0.526. The zero-order chi connectivity index (χ0) is 16.9. The van der Waals surface area contributed by atoms with Crippen molar-refractivity contribution in [3.05, 3.63) is 35.9 Å². The molecule has 0 bridgehead atoms. The molecule has 2 heterocycles. The van der Waals surface area contributed by atoms with Gasteiger partial charge in [-0.25, -0.2) is 5.01 Å². The van der Waals surface area contributed by atoms with Crippen molar-refractivity contribution in [3.8, 4) is 0 Å². The average molecular weight is 327 g/mol. The number of carbonyl (C=O) groups excluding carboxylic acids is 2. The molecule has 1 saturated heterocycles. The molecule has 1 aromatic rings. The molecule has 128 valence electrons. The minimum Gasteiger partial charge on any atom is -0.337 e. The fourth-order valence-corrected chi connectivity index (χ4v) is 3.51. The van der Waals surface area contributed by atoms with Crippen molar-refractivity contribution >= 4 is 17.5 Å². The molecule has 0 saturated carbocycles. The summed E-state index contributed by atoms with van der Waals surface area (Å²) in [5.74, 6) is 0.538. The van der Waals surface area contributed by atoms with Crippen molar-refractivity contribution in [3.63, 3.8) is 0 Å². The van der Waals surface area contributed by atoms with Crippen molar-refractivity contribution in [2.24, 2.45) is 11.0 Å². The lowest BCUT2D eigenvalue weighted by molar-refractivity contribution is -0.131. The Balaban J connectivity index is 1.56. The van der Waals surface area contributed by atoms with Gasteiger partial charge < -0.3 is 4.90 Å². The van der Waals surface area contributed by atoms with Gasteiger partial charge in [0.05, 0.1) is 0 Å². The van der Waals surface area contributed by atoms with Crippen LogP contribution in [0.15, 0.2) is 35.4 Å². The molecule has 0 N–H and O–H groups in total. The average Bonchev–Trinajstić information content (AvgIpc) is 2.63. The van der Waals surface area contributed by atoms with Gasteiger partial charge in [0, 0.05) is 33.0 Å². The number of aryl methyl sites for hydroxylation is 1. The molecule has 24 heavy (non-hydrogen) atoms. The first-order valence-corrected chi connectivity index (χ1v) is 8.80. The van der Waals surface area contributed by atoms with E-state index in [1.54, 1.807) is 7.05 Å². The molecule has 2 aliphatic heterocycles. The normalized spacial score (nSPS) is 21.6. The van der Waals surface area contributed by atoms with Gasteiger partial charge in [0.2, 0.25) is 5.91 Å². The quantitative estimate of drug-likeness (QED) is 0.853. The number of piperidine rings is 1. The highest BCUT2D eigenvalue weighted by Gasteiger charge is 2.29. The maximum absolute atomic E-state index is 12.7. The zero-order valence-electron chi connectivity index (χ0n) is 14.3. The van der Waals surface area contributed by atoms with Crippen LogP contribution >= 0.6 is 0 Å². The van der Waals surface area contributed by atoms with E-state index in [2.05, 4.69) is 29.4 Å². The number of amides is 2. The zero-order valence-corrected chi connectivity index (χ0v) is 14.3. The van der Waals surface area contributed by atoms with Crippen LogP contribution in [-0.2, 0) is 16.0 Å². The third kappa shape index (κ3) is 4.02. The van der Waals surface area contributed by atoms with E-state index < -0.39 is 0 Å². The second-order valence-electron chi connectivity index (χ2n) is 6.75. The molecule has 0 aliphatic carbocycles. The van der Waals surface area contributed by atoms with Gasteiger partial charge in [-0.2, -0.15) is 5.10 Å². The van der Waals surface area contributed by atoms with Crippen LogP contribution in [0.25, 0.3) is 0 Å². The molecular formula is C19H25N3O2. The minimum absolute atomic E-state index is 0.0127. The van der Waals surface area contributed by atoms with Crippen LogP contribution in [-0.4, -0.2) is 47.6 Å². The third-order valence-electron chi connectivity index (χ3n) is 4.94. The van der Waals surface area contributed by atoms with Crippen LogP contribution in [0.4, 0.5) is 0 Å². The summed E-state index contributed by atoms with van der Waals surface area (Å²) in [5, 5.41) is 5.47. The second-order valence-corrected chi connectivity index (χ2v) is 6.75. The van der Waals surface area contributed by atoms with Crippen molar-refractivity contribution in [1.29, 1.82) is 0 Å². The van der Waals surface area contributed by atoms with E-state index in [1.165, 1.54) is 17.0 Å². The van der Waals surface area contributed by atoms with E-state index in [1.807, 2.05) is 11.0 Å². The van der Waals surface area contributed by atoms with E-state index in [0.717, 1.165) is 32.4 Å². The molecule has 2 aliphatic rings. The number of hydrogen-bond acceptors (Lipinski definition) is 3. The second kappa shape index (κ2) is 7.60. The molecular weight excluding hydrogens is 302 g/mol. The van der Waals surface area contributed by atoms with Gasteiger partial charge in [0.15, 0.2) is 0 Å². The fourth-order valence-electron chi connectivity index (χ4n) is 3.51. The molecule has 5 heteroatoms. The Labute approximate surface area is 143 Å². The summed E-state index contributed by atoms with van der Waals surface area (Å²) >= 11 is 0. The van der Waals surface area contributed by atoms with E-state index >= 15 is 0 Å². The van der Waals surface area contributed by atoms with Crippen LogP contribution in [0.2, 0.25) is 0 Å². The van der Waals surface area contributed by atoms with E-state index in [0.29, 0.717) is 24.5 Å². The third-order valence-corrected chi connectivity index (χ3v) is 4.94. The lowest BCUT2D eigenvalue weighted by atomic mass is 9.91. The Hall–Kier alpha value is -2.17. The van der Waals surface area contributed by atoms with Crippen LogP contribution < -0.4 is 0 Å². The van der Waals surface area contributed by atoms with Crippen LogP contribution in [0.5, 0.6) is 0 Å². The first-order valence-electron chi connectivity index (χ1n) is 8.80. The highest BCUT2D eigenvalue weighted by molar-refractivity contribution is 6.39. The number of rotatable bonds is 4. The minimum atomic E-state index is -0.0223. The number of hydrazone groups is 1. The van der Waals surface area contributed by atoms with Crippen molar-refractivity contribution in [1.82, 2.24) is 9.91 Å².